The van der Waals surface area contributed by atoms with Crippen LogP contribution in [0.5, 0.6) is 5.75 Å². The maximum Gasteiger partial charge on any atom is 0.193 e. The number of rotatable bonds is 7. The molecule has 2 aromatic carbocycles. The highest BCUT2D eigenvalue weighted by Gasteiger charge is 2.06. The number of nitrogens with one attached hydrogen (secondary N) is 1. The Kier molecular flexibility index (Phi) is 9.04. The second-order valence-electron chi connectivity index (χ2n) is 5.32. The molecule has 0 radical (unpaired) electrons. The third-order valence-electron chi connectivity index (χ3n) is 3.57. The van der Waals surface area contributed by atoms with Gasteiger partial charge in [-0.15, -0.1) is 24.0 Å². The summed E-state index contributed by atoms with van der Waals surface area (Å²) >= 11 is 0. The second kappa shape index (κ2) is 10.8. The summed E-state index contributed by atoms with van der Waals surface area (Å²) in [6, 6.07) is 14.2. The van der Waals surface area contributed by atoms with Crippen LogP contribution in [0, 0.1) is 5.82 Å². The molecule has 0 spiro atoms. The van der Waals surface area contributed by atoms with Gasteiger partial charge in [0.05, 0.1) is 18.5 Å². The second-order valence-corrected chi connectivity index (χ2v) is 5.32. The Hall–Kier alpha value is -2.03. The van der Waals surface area contributed by atoms with E-state index < -0.39 is 0 Å². The quantitative estimate of drug-likeness (QED) is 0.288. The van der Waals surface area contributed by atoms with Gasteiger partial charge in [-0.2, -0.15) is 0 Å². The lowest BCUT2D eigenvalue weighted by molar-refractivity contribution is 0.417. The molecule has 0 saturated carbocycles. The molecule has 25 heavy (non-hydrogen) atoms. The predicted octanol–water partition coefficient (Wildman–Crippen LogP) is 3.71. The van der Waals surface area contributed by atoms with Crippen molar-refractivity contribution >= 4 is 41.3 Å². The summed E-state index contributed by atoms with van der Waals surface area (Å²) in [5.74, 6) is 0.809. The molecule has 0 saturated heterocycles. The Morgan fingerprint density at radius 1 is 1.20 bits per heavy atom. The number of nitrogens with zero attached hydrogens (tertiary/aromatic N) is 2. The summed E-state index contributed by atoms with van der Waals surface area (Å²) in [4.78, 5) is 6.16. The van der Waals surface area contributed by atoms with Gasteiger partial charge in [-0.3, -0.25) is 4.99 Å². The van der Waals surface area contributed by atoms with Crippen molar-refractivity contribution in [2.75, 3.05) is 37.5 Å². The van der Waals surface area contributed by atoms with Crippen LogP contribution in [-0.4, -0.2) is 33.2 Å². The minimum atomic E-state index is -0.221. The van der Waals surface area contributed by atoms with E-state index in [2.05, 4.69) is 10.3 Å². The first-order chi connectivity index (χ1) is 11.6. The fraction of sp³-hybridized carbons (Fsp3) is 0.278. The molecule has 136 valence electrons. The molecule has 2 aromatic rings. The SMILES string of the molecule is COc1ccccc1NC(N)=NCCCN(C)c1ccccc1F.I. The first-order valence-electron chi connectivity index (χ1n) is 7.77. The maximum atomic E-state index is 13.7. The molecule has 0 heterocycles. The van der Waals surface area contributed by atoms with Gasteiger partial charge in [0.25, 0.3) is 0 Å². The van der Waals surface area contributed by atoms with Crippen molar-refractivity contribution in [1.82, 2.24) is 0 Å². The minimum absolute atomic E-state index is 0. The smallest absolute Gasteiger partial charge is 0.193 e. The molecule has 0 atom stereocenters. The molecule has 7 heteroatoms. The van der Waals surface area contributed by atoms with Crippen molar-refractivity contribution in [2.45, 2.75) is 6.42 Å². The van der Waals surface area contributed by atoms with Gasteiger partial charge < -0.3 is 20.7 Å². The molecule has 0 aromatic heterocycles. The zero-order valence-electron chi connectivity index (χ0n) is 14.4. The number of benzene rings is 2. The number of para-hydroxylation sites is 3. The summed E-state index contributed by atoms with van der Waals surface area (Å²) in [7, 11) is 3.46. The Labute approximate surface area is 165 Å². The molecule has 0 fully saturated rings. The molecule has 0 aliphatic rings. The molecule has 0 amide bonds. The van der Waals surface area contributed by atoms with Gasteiger partial charge in [0.2, 0.25) is 0 Å². The highest BCUT2D eigenvalue weighted by atomic mass is 127. The Morgan fingerprint density at radius 2 is 1.88 bits per heavy atom. The van der Waals surface area contributed by atoms with Crippen LogP contribution in [0.2, 0.25) is 0 Å². The van der Waals surface area contributed by atoms with Crippen LogP contribution in [0.15, 0.2) is 53.5 Å². The molecule has 2 rings (SSSR count). The first-order valence-corrected chi connectivity index (χ1v) is 7.77. The van der Waals surface area contributed by atoms with Crippen LogP contribution in [-0.2, 0) is 0 Å². The molecule has 0 aliphatic heterocycles. The van der Waals surface area contributed by atoms with E-state index in [4.69, 9.17) is 10.5 Å². The number of halogens is 2. The normalized spacial score (nSPS) is 10.8. The number of hydrogen-bond acceptors (Lipinski definition) is 3. The third kappa shape index (κ3) is 6.41. The van der Waals surface area contributed by atoms with E-state index in [1.165, 1.54) is 6.07 Å². The first kappa shape index (κ1) is 21.0. The maximum absolute atomic E-state index is 13.7. The standard InChI is InChI=1S/C18H23FN4O.HI/c1-23(16-10-5-3-8-14(16)19)13-7-12-21-18(20)22-15-9-4-6-11-17(15)24-2;/h3-6,8-11H,7,12-13H2,1-2H3,(H3,20,21,22);1H. The summed E-state index contributed by atoms with van der Waals surface area (Å²) < 4.78 is 18.9. The highest BCUT2D eigenvalue weighted by Crippen LogP contribution is 2.22. The van der Waals surface area contributed by atoms with Gasteiger partial charge in [-0.25, -0.2) is 4.39 Å². The van der Waals surface area contributed by atoms with E-state index in [0.717, 1.165) is 12.1 Å². The largest absolute Gasteiger partial charge is 0.495 e. The van der Waals surface area contributed by atoms with Crippen LogP contribution < -0.4 is 20.7 Å². The third-order valence-corrected chi connectivity index (χ3v) is 3.57. The molecular formula is C18H24FIN4O. The van der Waals surface area contributed by atoms with E-state index in [1.54, 1.807) is 19.2 Å². The number of nitrogens with two attached hydrogens (primary N) is 1. The van der Waals surface area contributed by atoms with Crippen molar-refractivity contribution in [3.05, 3.63) is 54.3 Å². The fourth-order valence-electron chi connectivity index (χ4n) is 2.31. The lowest BCUT2D eigenvalue weighted by Crippen LogP contribution is -2.24. The average molecular weight is 458 g/mol. The number of aliphatic imine (C=N–C) groups is 1. The molecule has 0 aliphatic carbocycles. The lowest BCUT2D eigenvalue weighted by Gasteiger charge is -2.19. The van der Waals surface area contributed by atoms with E-state index in [9.17, 15) is 4.39 Å². The molecule has 5 nitrogen and oxygen atoms in total. The molecule has 0 bridgehead atoms. The topological polar surface area (TPSA) is 62.9 Å². The minimum Gasteiger partial charge on any atom is -0.495 e. The van der Waals surface area contributed by atoms with Crippen LogP contribution in [0.25, 0.3) is 0 Å². The van der Waals surface area contributed by atoms with Gasteiger partial charge in [0.15, 0.2) is 5.96 Å². The summed E-state index contributed by atoms with van der Waals surface area (Å²) in [6.45, 7) is 1.24. The van der Waals surface area contributed by atoms with Gasteiger partial charge in [0.1, 0.15) is 11.6 Å². The Morgan fingerprint density at radius 3 is 2.60 bits per heavy atom. The van der Waals surface area contributed by atoms with Gasteiger partial charge >= 0.3 is 0 Å². The Bertz CT molecular complexity index is 696. The van der Waals surface area contributed by atoms with Crippen molar-refractivity contribution in [3.63, 3.8) is 0 Å². The van der Waals surface area contributed by atoms with Crippen LogP contribution >= 0.6 is 24.0 Å². The number of hydrogen-bond donors (Lipinski definition) is 2. The number of anilines is 2. The highest BCUT2D eigenvalue weighted by molar-refractivity contribution is 14.0. The average Bonchev–Trinajstić information content (AvgIpc) is 2.59. The lowest BCUT2D eigenvalue weighted by atomic mass is 10.2. The molecule has 3 N–H and O–H groups in total. The van der Waals surface area contributed by atoms with Crippen molar-refractivity contribution in [1.29, 1.82) is 0 Å². The van der Waals surface area contributed by atoms with Crippen LogP contribution in [0.4, 0.5) is 15.8 Å². The number of guanidine groups is 1. The van der Waals surface area contributed by atoms with E-state index in [0.29, 0.717) is 30.5 Å². The summed E-state index contributed by atoms with van der Waals surface area (Å²) in [5.41, 5.74) is 7.24. The van der Waals surface area contributed by atoms with Crippen molar-refractivity contribution in [2.24, 2.45) is 10.7 Å². The predicted molar refractivity (Wildman–Crippen MR) is 113 cm³/mol. The zero-order chi connectivity index (χ0) is 17.4. The van der Waals surface area contributed by atoms with Crippen molar-refractivity contribution < 1.29 is 9.13 Å². The van der Waals surface area contributed by atoms with Gasteiger partial charge in [0, 0.05) is 20.1 Å². The van der Waals surface area contributed by atoms with Crippen molar-refractivity contribution in [3.8, 4) is 5.75 Å². The number of ether oxygens (including phenoxy) is 1. The van der Waals surface area contributed by atoms with E-state index in [1.807, 2.05) is 42.3 Å². The fourth-order valence-corrected chi connectivity index (χ4v) is 2.31. The van der Waals surface area contributed by atoms with Gasteiger partial charge in [-0.1, -0.05) is 24.3 Å². The number of methoxy groups -OCH3 is 1. The molecule has 0 unspecified atom stereocenters. The summed E-state index contributed by atoms with van der Waals surface area (Å²) in [5, 5.41) is 3.02. The molecular weight excluding hydrogens is 434 g/mol. The van der Waals surface area contributed by atoms with Crippen LogP contribution in [0.1, 0.15) is 6.42 Å². The van der Waals surface area contributed by atoms with Crippen LogP contribution in [0.3, 0.4) is 0 Å². The van der Waals surface area contributed by atoms with E-state index in [-0.39, 0.29) is 29.8 Å². The zero-order valence-corrected chi connectivity index (χ0v) is 16.7. The van der Waals surface area contributed by atoms with E-state index >= 15 is 0 Å². The summed E-state index contributed by atoms with van der Waals surface area (Å²) in [6.07, 6.45) is 0.763. The van der Waals surface area contributed by atoms with Gasteiger partial charge in [-0.05, 0) is 30.7 Å². The monoisotopic (exact) mass is 458 g/mol. The Balaban J connectivity index is 0.00000312.